The molecule has 0 saturated carbocycles. The van der Waals surface area contributed by atoms with Crippen molar-refractivity contribution < 1.29 is 4.79 Å². The Bertz CT molecular complexity index is 647. The molecule has 1 aromatic carbocycles. The summed E-state index contributed by atoms with van der Waals surface area (Å²) in [6.45, 7) is 4.91. The van der Waals surface area contributed by atoms with Crippen molar-refractivity contribution in [3.05, 3.63) is 47.5 Å². The topological polar surface area (TPSA) is 59.8 Å². The summed E-state index contributed by atoms with van der Waals surface area (Å²) in [5.74, 6) is 0.886. The van der Waals surface area contributed by atoms with Gasteiger partial charge in [0.25, 0.3) is 0 Å². The maximum Gasteiger partial charge on any atom is 0.161 e. The first-order chi connectivity index (χ1) is 10.2. The first kappa shape index (κ1) is 13.9. The zero-order chi connectivity index (χ0) is 14.8. The summed E-state index contributed by atoms with van der Waals surface area (Å²) in [6.07, 6.45) is 2.80. The molecule has 0 aliphatic carbocycles. The van der Waals surface area contributed by atoms with Crippen molar-refractivity contribution in [2.24, 2.45) is 0 Å². The second-order valence-electron chi connectivity index (χ2n) is 5.69. The largest absolute Gasteiger partial charge is 0.303 e. The Morgan fingerprint density at radius 1 is 1.43 bits per heavy atom. The van der Waals surface area contributed by atoms with Crippen LogP contribution in [-0.2, 0) is 17.6 Å². The lowest BCUT2D eigenvalue weighted by molar-refractivity contribution is -0.120. The van der Waals surface area contributed by atoms with Gasteiger partial charge in [0.15, 0.2) is 5.78 Å². The molecule has 0 radical (unpaired) electrons. The molecule has 1 atom stereocenters. The van der Waals surface area contributed by atoms with Gasteiger partial charge >= 0.3 is 0 Å². The minimum Gasteiger partial charge on any atom is -0.303 e. The molecular formula is C16H20N4O. The molecule has 0 bridgehead atoms. The number of nitrogens with one attached hydrogen (secondary N) is 1. The summed E-state index contributed by atoms with van der Waals surface area (Å²) >= 11 is 0. The second kappa shape index (κ2) is 5.77. The van der Waals surface area contributed by atoms with Gasteiger partial charge in [0.1, 0.15) is 12.2 Å². The highest BCUT2D eigenvalue weighted by Crippen LogP contribution is 2.24. The standard InChI is InChI=1S/C16H20N4O/c1-11(2)20-15(18-10-19-20)9-14(21)16-13-6-4-3-5-12(13)7-8-17-16/h3-6,10-11,16-17H,7-9H2,1-2H3. The van der Waals surface area contributed by atoms with Crippen LogP contribution in [0.15, 0.2) is 30.6 Å². The first-order valence-electron chi connectivity index (χ1n) is 7.39. The molecule has 0 amide bonds. The van der Waals surface area contributed by atoms with E-state index in [4.69, 9.17) is 0 Å². The van der Waals surface area contributed by atoms with Gasteiger partial charge < -0.3 is 5.32 Å². The van der Waals surface area contributed by atoms with Gasteiger partial charge in [-0.25, -0.2) is 9.67 Å². The SMILES string of the molecule is CC(C)n1ncnc1CC(=O)C1NCCc2ccccc21. The Hall–Kier alpha value is -2.01. The predicted molar refractivity (Wildman–Crippen MR) is 80.0 cm³/mol. The number of benzene rings is 1. The van der Waals surface area contributed by atoms with E-state index >= 15 is 0 Å². The van der Waals surface area contributed by atoms with Crippen LogP contribution in [0.2, 0.25) is 0 Å². The van der Waals surface area contributed by atoms with E-state index in [1.54, 1.807) is 0 Å². The van der Waals surface area contributed by atoms with Gasteiger partial charge in [0.2, 0.25) is 0 Å². The van der Waals surface area contributed by atoms with Crippen LogP contribution in [0.5, 0.6) is 0 Å². The van der Waals surface area contributed by atoms with Crippen LogP contribution in [-0.4, -0.2) is 27.1 Å². The van der Waals surface area contributed by atoms with Crippen molar-refractivity contribution in [1.29, 1.82) is 0 Å². The second-order valence-corrected chi connectivity index (χ2v) is 5.69. The summed E-state index contributed by atoms with van der Waals surface area (Å²) in [4.78, 5) is 16.9. The predicted octanol–water partition coefficient (Wildman–Crippen LogP) is 1.86. The van der Waals surface area contributed by atoms with Crippen molar-refractivity contribution in [3.8, 4) is 0 Å². The van der Waals surface area contributed by atoms with E-state index in [0.29, 0.717) is 6.42 Å². The van der Waals surface area contributed by atoms with Gasteiger partial charge in [0.05, 0.1) is 12.5 Å². The smallest absolute Gasteiger partial charge is 0.161 e. The highest BCUT2D eigenvalue weighted by molar-refractivity contribution is 5.87. The maximum absolute atomic E-state index is 12.7. The van der Waals surface area contributed by atoms with E-state index in [1.807, 2.05) is 36.7 Å². The van der Waals surface area contributed by atoms with Crippen molar-refractivity contribution in [2.45, 2.75) is 38.8 Å². The molecule has 2 aromatic rings. The molecule has 0 spiro atoms. The van der Waals surface area contributed by atoms with E-state index in [9.17, 15) is 4.79 Å². The molecule has 5 heteroatoms. The molecule has 2 heterocycles. The number of carbonyl (C=O) groups is 1. The minimum atomic E-state index is -0.229. The van der Waals surface area contributed by atoms with Crippen LogP contribution < -0.4 is 5.32 Å². The number of aromatic nitrogens is 3. The number of hydrogen-bond acceptors (Lipinski definition) is 4. The molecule has 110 valence electrons. The van der Waals surface area contributed by atoms with Gasteiger partial charge in [-0.1, -0.05) is 24.3 Å². The number of nitrogens with zero attached hydrogens (tertiary/aromatic N) is 3. The Morgan fingerprint density at radius 2 is 2.24 bits per heavy atom. The van der Waals surface area contributed by atoms with Crippen LogP contribution in [0.3, 0.4) is 0 Å². The third-order valence-corrected chi connectivity index (χ3v) is 3.90. The normalized spacial score (nSPS) is 17.8. The monoisotopic (exact) mass is 284 g/mol. The van der Waals surface area contributed by atoms with Crippen LogP contribution in [0.25, 0.3) is 0 Å². The highest BCUT2D eigenvalue weighted by Gasteiger charge is 2.26. The molecule has 0 saturated heterocycles. The Kier molecular flexibility index (Phi) is 3.84. The van der Waals surface area contributed by atoms with Crippen molar-refractivity contribution >= 4 is 5.78 Å². The fourth-order valence-corrected chi connectivity index (χ4v) is 2.88. The van der Waals surface area contributed by atoms with E-state index in [0.717, 1.165) is 24.4 Å². The Balaban J connectivity index is 1.82. The molecule has 21 heavy (non-hydrogen) atoms. The average Bonchev–Trinajstić information content (AvgIpc) is 2.95. The molecule has 1 aliphatic heterocycles. The van der Waals surface area contributed by atoms with Gasteiger partial charge in [-0.2, -0.15) is 5.10 Å². The van der Waals surface area contributed by atoms with Crippen LogP contribution >= 0.6 is 0 Å². The van der Waals surface area contributed by atoms with E-state index in [1.165, 1.54) is 11.9 Å². The molecule has 5 nitrogen and oxygen atoms in total. The summed E-state index contributed by atoms with van der Waals surface area (Å²) in [5.41, 5.74) is 2.37. The molecule has 3 rings (SSSR count). The third kappa shape index (κ3) is 2.74. The molecule has 1 N–H and O–H groups in total. The van der Waals surface area contributed by atoms with E-state index in [-0.39, 0.29) is 17.9 Å². The van der Waals surface area contributed by atoms with Crippen molar-refractivity contribution in [2.75, 3.05) is 6.54 Å². The summed E-state index contributed by atoms with van der Waals surface area (Å²) < 4.78 is 1.81. The molecule has 0 fully saturated rings. The Labute approximate surface area is 124 Å². The quantitative estimate of drug-likeness (QED) is 0.931. The molecule has 1 aliphatic rings. The van der Waals surface area contributed by atoms with Crippen LogP contribution in [0.4, 0.5) is 0 Å². The third-order valence-electron chi connectivity index (χ3n) is 3.90. The van der Waals surface area contributed by atoms with Crippen molar-refractivity contribution in [1.82, 2.24) is 20.1 Å². The summed E-state index contributed by atoms with van der Waals surface area (Å²) in [5, 5.41) is 7.52. The number of ketones is 1. The fraction of sp³-hybridized carbons (Fsp3) is 0.438. The van der Waals surface area contributed by atoms with E-state index in [2.05, 4.69) is 21.5 Å². The van der Waals surface area contributed by atoms with Crippen LogP contribution in [0, 0.1) is 0 Å². The minimum absolute atomic E-state index is 0.150. The lowest BCUT2D eigenvalue weighted by Crippen LogP contribution is -2.36. The van der Waals surface area contributed by atoms with Crippen molar-refractivity contribution in [3.63, 3.8) is 0 Å². The Morgan fingerprint density at radius 3 is 3.05 bits per heavy atom. The zero-order valence-corrected chi connectivity index (χ0v) is 12.4. The zero-order valence-electron chi connectivity index (χ0n) is 12.4. The highest BCUT2D eigenvalue weighted by atomic mass is 16.1. The van der Waals surface area contributed by atoms with Gasteiger partial charge in [-0.3, -0.25) is 4.79 Å². The average molecular weight is 284 g/mol. The fourth-order valence-electron chi connectivity index (χ4n) is 2.88. The lowest BCUT2D eigenvalue weighted by atomic mass is 9.91. The number of hydrogen-bond donors (Lipinski definition) is 1. The van der Waals surface area contributed by atoms with Gasteiger partial charge in [-0.15, -0.1) is 0 Å². The molecule has 1 aromatic heterocycles. The molecular weight excluding hydrogens is 264 g/mol. The van der Waals surface area contributed by atoms with Crippen LogP contribution in [0.1, 0.15) is 42.9 Å². The number of fused-ring (bicyclic) bond motifs is 1. The first-order valence-corrected chi connectivity index (χ1v) is 7.39. The maximum atomic E-state index is 12.7. The number of Topliss-reactive ketones (excluding diaryl/α,β-unsaturated/α-hetero) is 1. The molecule has 1 unspecified atom stereocenters. The lowest BCUT2D eigenvalue weighted by Gasteiger charge is -2.25. The summed E-state index contributed by atoms with van der Waals surface area (Å²) in [6, 6.07) is 8.14. The number of rotatable bonds is 4. The van der Waals surface area contributed by atoms with Gasteiger partial charge in [0, 0.05) is 12.6 Å². The van der Waals surface area contributed by atoms with Gasteiger partial charge in [-0.05, 0) is 31.4 Å². The van der Waals surface area contributed by atoms with E-state index < -0.39 is 0 Å². The summed E-state index contributed by atoms with van der Waals surface area (Å²) in [7, 11) is 0. The number of carbonyl (C=O) groups excluding carboxylic acids is 1.